The maximum absolute atomic E-state index is 12.6. The van der Waals surface area contributed by atoms with Crippen LogP contribution in [0, 0.1) is 5.92 Å². The zero-order chi connectivity index (χ0) is 15.5. The van der Waals surface area contributed by atoms with Crippen LogP contribution in [0.1, 0.15) is 44.6 Å². The third-order valence-electron chi connectivity index (χ3n) is 4.26. The first-order valence-corrected chi connectivity index (χ1v) is 9.35. The van der Waals surface area contributed by atoms with Gasteiger partial charge in [0, 0.05) is 12.6 Å². The van der Waals surface area contributed by atoms with Crippen molar-refractivity contribution in [3.05, 3.63) is 28.8 Å². The van der Waals surface area contributed by atoms with E-state index in [-0.39, 0.29) is 16.0 Å². The Kier molecular flexibility index (Phi) is 5.66. The first-order valence-electron chi connectivity index (χ1n) is 7.48. The summed E-state index contributed by atoms with van der Waals surface area (Å²) in [7, 11) is -3.60. The van der Waals surface area contributed by atoms with Crippen molar-refractivity contribution in [3.8, 4) is 0 Å². The molecule has 1 aromatic carbocycles. The van der Waals surface area contributed by atoms with E-state index in [1.54, 1.807) is 18.2 Å². The molecule has 1 fully saturated rings. The second-order valence-electron chi connectivity index (χ2n) is 5.65. The number of benzene rings is 1. The van der Waals surface area contributed by atoms with Crippen LogP contribution in [0.15, 0.2) is 23.1 Å². The minimum Gasteiger partial charge on any atom is -0.326 e. The van der Waals surface area contributed by atoms with Gasteiger partial charge >= 0.3 is 0 Å². The minimum atomic E-state index is -3.60. The Labute approximate surface area is 132 Å². The van der Waals surface area contributed by atoms with Crippen LogP contribution in [-0.2, 0) is 16.6 Å². The van der Waals surface area contributed by atoms with E-state index in [1.807, 2.05) is 0 Å². The van der Waals surface area contributed by atoms with Crippen molar-refractivity contribution in [2.45, 2.75) is 56.5 Å². The maximum Gasteiger partial charge on any atom is 0.242 e. The van der Waals surface area contributed by atoms with E-state index in [4.69, 9.17) is 17.3 Å². The zero-order valence-corrected chi connectivity index (χ0v) is 13.9. The monoisotopic (exact) mass is 330 g/mol. The van der Waals surface area contributed by atoms with Crippen molar-refractivity contribution in [3.63, 3.8) is 0 Å². The molecule has 0 spiro atoms. The van der Waals surface area contributed by atoms with Crippen LogP contribution < -0.4 is 10.5 Å². The Bertz CT molecular complexity index is 589. The lowest BCUT2D eigenvalue weighted by Gasteiger charge is -2.31. The summed E-state index contributed by atoms with van der Waals surface area (Å²) in [5.41, 5.74) is 6.34. The molecule has 3 N–H and O–H groups in total. The van der Waals surface area contributed by atoms with Gasteiger partial charge in [0.15, 0.2) is 0 Å². The van der Waals surface area contributed by atoms with Gasteiger partial charge in [0.25, 0.3) is 0 Å². The molecule has 1 saturated carbocycles. The molecule has 2 unspecified atom stereocenters. The van der Waals surface area contributed by atoms with Crippen molar-refractivity contribution in [1.29, 1.82) is 0 Å². The Morgan fingerprint density at radius 2 is 2.05 bits per heavy atom. The molecule has 1 aromatic rings. The second-order valence-corrected chi connectivity index (χ2v) is 7.74. The standard InChI is InChI=1S/C15H23ClN2O2S/c1-2-12-5-3-4-6-14(12)18-21(19,20)15-9-11(10-17)7-8-13(15)16/h7-9,12,14,18H,2-6,10,17H2,1H3. The number of halogens is 1. The lowest BCUT2D eigenvalue weighted by Crippen LogP contribution is -2.41. The Balaban J connectivity index is 2.25. The molecule has 4 nitrogen and oxygen atoms in total. The Hall–Kier alpha value is -0.620. The SMILES string of the molecule is CCC1CCCCC1NS(=O)(=O)c1cc(CN)ccc1Cl. The second kappa shape index (κ2) is 7.09. The van der Waals surface area contributed by atoms with Crippen LogP contribution in [0.3, 0.4) is 0 Å². The molecule has 0 radical (unpaired) electrons. The van der Waals surface area contributed by atoms with Crippen LogP contribution in [0.4, 0.5) is 0 Å². The number of rotatable bonds is 5. The summed E-state index contributed by atoms with van der Waals surface area (Å²) < 4.78 is 28.1. The zero-order valence-electron chi connectivity index (χ0n) is 12.3. The average Bonchev–Trinajstić information content (AvgIpc) is 2.47. The smallest absolute Gasteiger partial charge is 0.242 e. The van der Waals surface area contributed by atoms with Crippen molar-refractivity contribution in [2.24, 2.45) is 11.7 Å². The molecule has 0 aliphatic heterocycles. The molecule has 0 amide bonds. The topological polar surface area (TPSA) is 72.2 Å². The first-order chi connectivity index (χ1) is 9.97. The van der Waals surface area contributed by atoms with Gasteiger partial charge in [-0.05, 0) is 36.5 Å². The summed E-state index contributed by atoms with van der Waals surface area (Å²) in [5, 5.41) is 0.239. The molecule has 0 aromatic heterocycles. The van der Waals surface area contributed by atoms with E-state index in [0.29, 0.717) is 12.5 Å². The molecule has 118 valence electrons. The van der Waals surface area contributed by atoms with Crippen LogP contribution >= 0.6 is 11.6 Å². The average molecular weight is 331 g/mol. The molecule has 0 saturated heterocycles. The lowest BCUT2D eigenvalue weighted by atomic mass is 9.83. The van der Waals surface area contributed by atoms with Crippen LogP contribution in [0.25, 0.3) is 0 Å². The first kappa shape index (κ1) is 16.7. The summed E-state index contributed by atoms with van der Waals surface area (Å²) in [5.74, 6) is 0.407. The fraction of sp³-hybridized carbons (Fsp3) is 0.600. The van der Waals surface area contributed by atoms with Crippen LogP contribution in [0.2, 0.25) is 5.02 Å². The predicted molar refractivity (Wildman–Crippen MR) is 85.7 cm³/mol. The highest BCUT2D eigenvalue weighted by atomic mass is 35.5. The highest BCUT2D eigenvalue weighted by Crippen LogP contribution is 2.29. The molecule has 2 atom stereocenters. The van der Waals surface area contributed by atoms with Gasteiger partial charge in [0.1, 0.15) is 4.90 Å². The van der Waals surface area contributed by atoms with E-state index in [2.05, 4.69) is 11.6 Å². The maximum atomic E-state index is 12.6. The molecular formula is C15H23ClN2O2S. The van der Waals surface area contributed by atoms with Gasteiger partial charge in [-0.25, -0.2) is 13.1 Å². The lowest BCUT2D eigenvalue weighted by molar-refractivity contribution is 0.282. The van der Waals surface area contributed by atoms with Crippen LogP contribution in [-0.4, -0.2) is 14.5 Å². The van der Waals surface area contributed by atoms with E-state index >= 15 is 0 Å². The van der Waals surface area contributed by atoms with Gasteiger partial charge in [-0.1, -0.05) is 43.9 Å². The number of hydrogen-bond acceptors (Lipinski definition) is 3. The number of nitrogens with one attached hydrogen (secondary N) is 1. The quantitative estimate of drug-likeness (QED) is 0.871. The van der Waals surface area contributed by atoms with Gasteiger partial charge < -0.3 is 5.73 Å². The number of nitrogens with two attached hydrogens (primary N) is 1. The summed E-state index contributed by atoms with van der Waals surface area (Å²) >= 11 is 6.07. The molecule has 0 bridgehead atoms. The highest BCUT2D eigenvalue weighted by Gasteiger charge is 2.29. The van der Waals surface area contributed by atoms with Crippen molar-refractivity contribution in [2.75, 3.05) is 0 Å². The van der Waals surface area contributed by atoms with Crippen LogP contribution in [0.5, 0.6) is 0 Å². The van der Waals surface area contributed by atoms with Crippen molar-refractivity contribution in [1.82, 2.24) is 4.72 Å². The summed E-state index contributed by atoms with van der Waals surface area (Å²) in [6.07, 6.45) is 5.22. The molecule has 2 rings (SSSR count). The highest BCUT2D eigenvalue weighted by molar-refractivity contribution is 7.89. The van der Waals surface area contributed by atoms with Crippen molar-refractivity contribution >= 4 is 21.6 Å². The molecule has 6 heteroatoms. The third kappa shape index (κ3) is 3.97. The van der Waals surface area contributed by atoms with Gasteiger partial charge in [0.2, 0.25) is 10.0 Å². The summed E-state index contributed by atoms with van der Waals surface area (Å²) in [6.45, 7) is 2.40. The molecule has 1 aliphatic rings. The van der Waals surface area contributed by atoms with Gasteiger partial charge in [0.05, 0.1) is 5.02 Å². The van der Waals surface area contributed by atoms with E-state index in [0.717, 1.165) is 31.2 Å². The van der Waals surface area contributed by atoms with Gasteiger partial charge in [-0.2, -0.15) is 0 Å². The molecule has 21 heavy (non-hydrogen) atoms. The summed E-state index contributed by atoms with van der Waals surface area (Å²) in [4.78, 5) is 0.132. The number of sulfonamides is 1. The summed E-state index contributed by atoms with van der Waals surface area (Å²) in [6, 6.07) is 4.91. The van der Waals surface area contributed by atoms with Gasteiger partial charge in [-0.3, -0.25) is 0 Å². The normalized spacial score (nSPS) is 23.2. The minimum absolute atomic E-state index is 0.00588. The number of hydrogen-bond donors (Lipinski definition) is 2. The van der Waals surface area contributed by atoms with Gasteiger partial charge in [-0.15, -0.1) is 0 Å². The fourth-order valence-electron chi connectivity index (χ4n) is 2.99. The van der Waals surface area contributed by atoms with E-state index in [1.165, 1.54) is 6.42 Å². The van der Waals surface area contributed by atoms with E-state index < -0.39 is 10.0 Å². The molecule has 0 heterocycles. The Morgan fingerprint density at radius 1 is 1.33 bits per heavy atom. The molecular weight excluding hydrogens is 308 g/mol. The van der Waals surface area contributed by atoms with Crippen molar-refractivity contribution < 1.29 is 8.42 Å². The molecule has 1 aliphatic carbocycles. The predicted octanol–water partition coefficient (Wildman–Crippen LogP) is 3.05. The largest absolute Gasteiger partial charge is 0.326 e. The fourth-order valence-corrected chi connectivity index (χ4v) is 4.88. The third-order valence-corrected chi connectivity index (χ3v) is 6.23. The van der Waals surface area contributed by atoms with E-state index in [9.17, 15) is 8.42 Å². The Morgan fingerprint density at radius 3 is 2.71 bits per heavy atom.